The van der Waals surface area contributed by atoms with Gasteiger partial charge in [-0.3, -0.25) is 24.1 Å². The largest absolute Gasteiger partial charge is 0.481 e. The summed E-state index contributed by atoms with van der Waals surface area (Å²) in [5.41, 5.74) is 0.861. The number of aromatic nitrogens is 4. The maximum atomic E-state index is 13.3. The Morgan fingerprint density at radius 2 is 1.92 bits per heavy atom. The summed E-state index contributed by atoms with van der Waals surface area (Å²) in [5, 5.41) is 35.3. The molecule has 1 saturated heterocycles. The van der Waals surface area contributed by atoms with E-state index in [9.17, 15) is 29.1 Å². The Labute approximate surface area is 229 Å². The van der Waals surface area contributed by atoms with E-state index in [1.165, 1.54) is 33.1 Å². The Morgan fingerprint density at radius 3 is 2.54 bits per heavy atom. The lowest BCUT2D eigenvalue weighted by molar-refractivity contribution is -0.151. The average Bonchev–Trinajstić information content (AvgIpc) is 3.64. The number of fused-ring (bicyclic) bond motifs is 1. The van der Waals surface area contributed by atoms with Gasteiger partial charge in [0.15, 0.2) is 0 Å². The molecule has 1 aromatic carbocycles. The van der Waals surface area contributed by atoms with E-state index in [4.69, 9.17) is 5.11 Å². The van der Waals surface area contributed by atoms with Gasteiger partial charge in [0.05, 0.1) is 11.8 Å². The predicted molar refractivity (Wildman–Crippen MR) is 136 cm³/mol. The maximum Gasteiger partial charge on any atom is 0.352 e. The molecule has 4 N–H and O–H groups in total. The number of nitrogens with one attached hydrogen (secondary N) is 2. The zero-order valence-electron chi connectivity index (χ0n) is 20.4. The molecule has 0 bridgehead atoms. The average molecular weight is 574 g/mol. The molecule has 1 aromatic heterocycles. The van der Waals surface area contributed by atoms with Crippen LogP contribution in [-0.2, 0) is 31.0 Å². The monoisotopic (exact) mass is 573 g/mol. The summed E-state index contributed by atoms with van der Waals surface area (Å²) in [6, 6.07) is 6.23. The van der Waals surface area contributed by atoms with Crippen LogP contribution < -0.4 is 10.6 Å². The number of aliphatic carboxylic acids is 2. The van der Waals surface area contributed by atoms with Crippen LogP contribution in [0.1, 0.15) is 18.0 Å². The number of carboxylic acid groups (broad SMARTS) is 2. The van der Waals surface area contributed by atoms with E-state index in [0.29, 0.717) is 22.0 Å². The van der Waals surface area contributed by atoms with Crippen LogP contribution in [0.3, 0.4) is 0 Å². The second kappa shape index (κ2) is 10.7. The van der Waals surface area contributed by atoms with E-state index in [-0.39, 0.29) is 17.9 Å². The molecule has 3 amide bonds. The number of β-lactam (4-membered cyclic amide) rings is 1. The smallest absolute Gasteiger partial charge is 0.352 e. The standard InChI is InChI=1S/C23H23N7O7S2/c1-29-23(26-27-28-29)39-9-11-8-38-20-15(19(33)30(20)16(11)22(36)37)25-18(32)14(10-5-3-2-4-6-10)24-17(31)12-7-13(12)21(34)35/h2-6,12-15,20H,7-9H2,1H3,(H,24,31)(H,25,32)(H,34,35)(H,36,37)/t12-,13+,14?,15+,20+/m0/s1. The minimum absolute atomic E-state index is 0.127. The summed E-state index contributed by atoms with van der Waals surface area (Å²) in [4.78, 5) is 63.6. The van der Waals surface area contributed by atoms with Crippen molar-refractivity contribution in [1.82, 2.24) is 35.7 Å². The molecule has 3 heterocycles. The Hall–Kier alpha value is -3.92. The fraction of sp³-hybridized carbons (Fsp3) is 0.391. The second-order valence-corrected chi connectivity index (χ2v) is 11.2. The molecule has 1 unspecified atom stereocenters. The van der Waals surface area contributed by atoms with Gasteiger partial charge in [-0.15, -0.1) is 16.9 Å². The van der Waals surface area contributed by atoms with Crippen molar-refractivity contribution in [3.05, 3.63) is 47.2 Å². The first-order valence-electron chi connectivity index (χ1n) is 11.8. The summed E-state index contributed by atoms with van der Waals surface area (Å²) in [6.45, 7) is 0. The number of hydrogen-bond donors (Lipinski definition) is 4. The Morgan fingerprint density at radius 1 is 1.18 bits per heavy atom. The number of hydrogen-bond acceptors (Lipinski definition) is 10. The molecule has 204 valence electrons. The van der Waals surface area contributed by atoms with E-state index in [0.717, 1.165) is 0 Å². The normalized spacial score (nSPS) is 24.3. The van der Waals surface area contributed by atoms with Crippen LogP contribution >= 0.6 is 23.5 Å². The van der Waals surface area contributed by atoms with Crippen molar-refractivity contribution < 1.29 is 34.2 Å². The first-order valence-corrected chi connectivity index (χ1v) is 13.8. The molecular formula is C23H23N7O7S2. The van der Waals surface area contributed by atoms with Crippen LogP contribution in [0, 0.1) is 11.8 Å². The van der Waals surface area contributed by atoms with Crippen molar-refractivity contribution in [3.63, 3.8) is 0 Å². The third kappa shape index (κ3) is 5.21. The molecular weight excluding hydrogens is 550 g/mol. The van der Waals surface area contributed by atoms with Gasteiger partial charge in [0.1, 0.15) is 23.2 Å². The van der Waals surface area contributed by atoms with Crippen molar-refractivity contribution in [2.45, 2.75) is 29.0 Å². The number of nitrogens with zero attached hydrogens (tertiary/aromatic N) is 5. The molecule has 16 heteroatoms. The molecule has 0 radical (unpaired) electrons. The predicted octanol–water partition coefficient (Wildman–Crippen LogP) is -0.381. The third-order valence-electron chi connectivity index (χ3n) is 6.63. The number of tetrazole rings is 1. The van der Waals surface area contributed by atoms with Crippen molar-refractivity contribution in [2.75, 3.05) is 11.5 Å². The fourth-order valence-electron chi connectivity index (χ4n) is 4.48. The Kier molecular flexibility index (Phi) is 7.31. The number of amides is 3. The summed E-state index contributed by atoms with van der Waals surface area (Å²) in [6.07, 6.45) is 0.192. The molecule has 2 aromatic rings. The summed E-state index contributed by atoms with van der Waals surface area (Å²) in [5.74, 6) is -5.05. The Bertz CT molecular complexity index is 1380. The van der Waals surface area contributed by atoms with Gasteiger partial charge in [-0.2, -0.15) is 0 Å². The number of rotatable bonds is 10. The van der Waals surface area contributed by atoms with Crippen LogP contribution in [-0.4, -0.2) is 87.9 Å². The van der Waals surface area contributed by atoms with Crippen LogP contribution in [0.5, 0.6) is 0 Å². The number of benzene rings is 1. The lowest BCUT2D eigenvalue weighted by atomic mass is 10.0. The summed E-state index contributed by atoms with van der Waals surface area (Å²) in [7, 11) is 1.66. The van der Waals surface area contributed by atoms with Crippen LogP contribution in [0.15, 0.2) is 46.8 Å². The zero-order valence-corrected chi connectivity index (χ0v) is 22.0. The molecule has 2 fully saturated rings. The van der Waals surface area contributed by atoms with Crippen molar-refractivity contribution >= 4 is 53.2 Å². The van der Waals surface area contributed by atoms with Gasteiger partial charge in [0, 0.05) is 18.6 Å². The quantitative estimate of drug-likeness (QED) is 0.213. The topological polar surface area (TPSA) is 197 Å². The maximum absolute atomic E-state index is 13.3. The highest BCUT2D eigenvalue weighted by Gasteiger charge is 2.55. The summed E-state index contributed by atoms with van der Waals surface area (Å²) >= 11 is 2.57. The van der Waals surface area contributed by atoms with Gasteiger partial charge in [0.2, 0.25) is 17.0 Å². The van der Waals surface area contributed by atoms with E-state index in [2.05, 4.69) is 26.2 Å². The summed E-state index contributed by atoms with van der Waals surface area (Å²) < 4.78 is 1.46. The van der Waals surface area contributed by atoms with Crippen molar-refractivity contribution in [1.29, 1.82) is 0 Å². The lowest BCUT2D eigenvalue weighted by Crippen LogP contribution is -2.71. The van der Waals surface area contributed by atoms with Crippen molar-refractivity contribution in [2.24, 2.45) is 18.9 Å². The molecule has 0 spiro atoms. The Balaban J connectivity index is 1.29. The van der Waals surface area contributed by atoms with Gasteiger partial charge < -0.3 is 20.8 Å². The van der Waals surface area contributed by atoms with Gasteiger partial charge >= 0.3 is 11.9 Å². The molecule has 1 saturated carbocycles. The van der Waals surface area contributed by atoms with Gasteiger partial charge in [-0.05, 0) is 28.0 Å². The van der Waals surface area contributed by atoms with E-state index in [1.807, 2.05) is 0 Å². The molecule has 2 aliphatic heterocycles. The van der Waals surface area contributed by atoms with Crippen molar-refractivity contribution in [3.8, 4) is 0 Å². The molecule has 3 aliphatic rings. The number of thioether (sulfide) groups is 2. The van der Waals surface area contributed by atoms with Gasteiger partial charge in [-0.1, -0.05) is 42.1 Å². The van der Waals surface area contributed by atoms with Gasteiger partial charge in [-0.25, -0.2) is 9.48 Å². The minimum Gasteiger partial charge on any atom is -0.481 e. The highest BCUT2D eigenvalue weighted by atomic mass is 32.2. The molecule has 5 rings (SSSR count). The second-order valence-electron chi connectivity index (χ2n) is 9.17. The first-order chi connectivity index (χ1) is 18.7. The van der Waals surface area contributed by atoms with E-state index < -0.39 is 59.0 Å². The lowest BCUT2D eigenvalue weighted by Gasteiger charge is -2.49. The molecule has 39 heavy (non-hydrogen) atoms. The number of carboxylic acids is 2. The van der Waals surface area contributed by atoms with E-state index in [1.54, 1.807) is 37.4 Å². The zero-order chi connectivity index (χ0) is 27.8. The molecule has 5 atom stereocenters. The minimum atomic E-state index is -1.25. The number of carbonyl (C=O) groups excluding carboxylic acids is 3. The number of aryl methyl sites for hydroxylation is 1. The van der Waals surface area contributed by atoms with Crippen LogP contribution in [0.4, 0.5) is 0 Å². The van der Waals surface area contributed by atoms with E-state index >= 15 is 0 Å². The molecule has 1 aliphatic carbocycles. The van der Waals surface area contributed by atoms with Crippen LogP contribution in [0.25, 0.3) is 0 Å². The fourth-order valence-corrected chi connectivity index (χ4v) is 6.81. The highest BCUT2D eigenvalue weighted by molar-refractivity contribution is 8.01. The highest BCUT2D eigenvalue weighted by Crippen LogP contribution is 2.42. The van der Waals surface area contributed by atoms with Gasteiger partial charge in [0.25, 0.3) is 5.91 Å². The third-order valence-corrected chi connectivity index (χ3v) is 9.07. The SMILES string of the molecule is Cn1nnnc1SCC1=C(C(=O)O)N2C(=O)[C@@H](NC(=O)C(NC(=O)[C@H]3C[C@H]3C(=O)O)c3ccccc3)[C@H]2SC1. The number of carbonyl (C=O) groups is 5. The van der Waals surface area contributed by atoms with Crippen LogP contribution in [0.2, 0.25) is 0 Å². The first kappa shape index (κ1) is 26.7. The molecule has 14 nitrogen and oxygen atoms in total.